The van der Waals surface area contributed by atoms with Crippen molar-refractivity contribution in [2.75, 3.05) is 6.54 Å². The number of benzene rings is 2. The Morgan fingerprint density at radius 2 is 2.04 bits per heavy atom. The minimum Gasteiger partial charge on any atom is -0.352 e. The normalized spacial score (nSPS) is 13.9. The van der Waals surface area contributed by atoms with Crippen molar-refractivity contribution in [3.63, 3.8) is 0 Å². The van der Waals surface area contributed by atoms with E-state index in [0.29, 0.717) is 0 Å². The summed E-state index contributed by atoms with van der Waals surface area (Å²) in [4.78, 5) is 12.3. The van der Waals surface area contributed by atoms with E-state index in [1.165, 1.54) is 22.3 Å². The second-order valence-electron chi connectivity index (χ2n) is 6.59. The van der Waals surface area contributed by atoms with Crippen molar-refractivity contribution in [3.05, 3.63) is 82.7 Å². The number of aryl methyl sites for hydroxylation is 2. The standard InChI is InChI=1S/C21H21N3O/c1-15-12-17-4-2-9-22-21(25)20(17)14-18(15)13-16-5-7-19(8-6-16)24-11-3-10-23-24/h3,5-8,10-12,14H,2,4,9,13H2,1H3,(H,22,25). The lowest BCUT2D eigenvalue weighted by atomic mass is 9.93. The minimum absolute atomic E-state index is 0.0581. The summed E-state index contributed by atoms with van der Waals surface area (Å²) in [6, 6.07) is 14.6. The number of aromatic nitrogens is 2. The number of amides is 1. The van der Waals surface area contributed by atoms with Crippen LogP contribution < -0.4 is 5.32 Å². The number of nitrogens with zero attached hydrogens (tertiary/aromatic N) is 2. The van der Waals surface area contributed by atoms with Crippen molar-refractivity contribution >= 4 is 5.91 Å². The predicted octanol–water partition coefficient (Wildman–Crippen LogP) is 3.45. The zero-order valence-corrected chi connectivity index (χ0v) is 14.3. The predicted molar refractivity (Wildman–Crippen MR) is 98.2 cm³/mol. The fourth-order valence-corrected chi connectivity index (χ4v) is 3.41. The molecule has 4 rings (SSSR count). The summed E-state index contributed by atoms with van der Waals surface area (Å²) in [6.07, 6.45) is 6.51. The van der Waals surface area contributed by atoms with Gasteiger partial charge in [0.15, 0.2) is 0 Å². The van der Waals surface area contributed by atoms with Crippen molar-refractivity contribution in [2.24, 2.45) is 0 Å². The van der Waals surface area contributed by atoms with Crippen LogP contribution in [0, 0.1) is 6.92 Å². The monoisotopic (exact) mass is 331 g/mol. The second kappa shape index (κ2) is 6.55. The van der Waals surface area contributed by atoms with Crippen LogP contribution in [0.3, 0.4) is 0 Å². The van der Waals surface area contributed by atoms with E-state index in [4.69, 9.17) is 0 Å². The first-order valence-electron chi connectivity index (χ1n) is 8.70. The third-order valence-electron chi connectivity index (χ3n) is 4.81. The topological polar surface area (TPSA) is 46.9 Å². The highest BCUT2D eigenvalue weighted by Gasteiger charge is 2.17. The van der Waals surface area contributed by atoms with Crippen LogP contribution >= 0.6 is 0 Å². The molecule has 2 heterocycles. The van der Waals surface area contributed by atoms with Gasteiger partial charge in [-0.1, -0.05) is 18.2 Å². The third kappa shape index (κ3) is 3.20. The van der Waals surface area contributed by atoms with Crippen molar-refractivity contribution in [1.82, 2.24) is 15.1 Å². The molecule has 0 atom stereocenters. The Hall–Kier alpha value is -2.88. The average Bonchev–Trinajstić information content (AvgIpc) is 3.10. The van der Waals surface area contributed by atoms with Crippen molar-refractivity contribution in [2.45, 2.75) is 26.2 Å². The third-order valence-corrected chi connectivity index (χ3v) is 4.81. The maximum atomic E-state index is 12.3. The van der Waals surface area contributed by atoms with Gasteiger partial charge >= 0.3 is 0 Å². The first kappa shape index (κ1) is 15.6. The average molecular weight is 331 g/mol. The summed E-state index contributed by atoms with van der Waals surface area (Å²) in [5, 5.41) is 7.24. The van der Waals surface area contributed by atoms with Crippen molar-refractivity contribution in [1.29, 1.82) is 0 Å². The van der Waals surface area contributed by atoms with E-state index in [2.05, 4.69) is 53.7 Å². The molecule has 1 aliphatic heterocycles. The Labute approximate surface area is 147 Å². The quantitative estimate of drug-likeness (QED) is 0.799. The molecule has 0 saturated heterocycles. The van der Waals surface area contributed by atoms with Gasteiger partial charge in [0.2, 0.25) is 0 Å². The lowest BCUT2D eigenvalue weighted by Gasteiger charge is -2.12. The molecule has 0 unspecified atom stereocenters. The second-order valence-corrected chi connectivity index (χ2v) is 6.59. The largest absolute Gasteiger partial charge is 0.352 e. The molecule has 0 radical (unpaired) electrons. The molecule has 1 aliphatic rings. The van der Waals surface area contributed by atoms with Gasteiger partial charge in [-0.2, -0.15) is 5.10 Å². The summed E-state index contributed by atoms with van der Waals surface area (Å²) >= 11 is 0. The minimum atomic E-state index is 0.0581. The molecule has 25 heavy (non-hydrogen) atoms. The number of rotatable bonds is 3. The molecule has 2 aromatic carbocycles. The molecule has 4 heteroatoms. The van der Waals surface area contributed by atoms with Gasteiger partial charge in [-0.15, -0.1) is 0 Å². The van der Waals surface area contributed by atoms with E-state index in [9.17, 15) is 4.79 Å². The fraction of sp³-hybridized carbons (Fsp3) is 0.238. The van der Waals surface area contributed by atoms with Gasteiger partial charge in [0.1, 0.15) is 0 Å². The highest BCUT2D eigenvalue weighted by atomic mass is 16.1. The molecule has 3 aromatic rings. The van der Waals surface area contributed by atoms with Gasteiger partial charge in [-0.3, -0.25) is 4.79 Å². The molecule has 0 bridgehead atoms. The number of carbonyl (C=O) groups excluding carboxylic acids is 1. The van der Waals surface area contributed by atoms with Crippen LogP contribution in [0.15, 0.2) is 54.9 Å². The zero-order chi connectivity index (χ0) is 17.2. The molecular weight excluding hydrogens is 310 g/mol. The Morgan fingerprint density at radius 3 is 2.80 bits per heavy atom. The number of carbonyl (C=O) groups is 1. The van der Waals surface area contributed by atoms with Gasteiger partial charge in [0, 0.05) is 24.5 Å². The van der Waals surface area contributed by atoms with Gasteiger partial charge < -0.3 is 5.32 Å². The van der Waals surface area contributed by atoms with E-state index in [0.717, 1.165) is 37.1 Å². The number of fused-ring (bicyclic) bond motifs is 1. The van der Waals surface area contributed by atoms with Gasteiger partial charge in [-0.05, 0) is 72.7 Å². The Balaban J connectivity index is 1.61. The Kier molecular flexibility index (Phi) is 4.10. The van der Waals surface area contributed by atoms with Crippen LogP contribution in [-0.2, 0) is 12.8 Å². The molecule has 126 valence electrons. The summed E-state index contributed by atoms with van der Waals surface area (Å²) in [5.41, 5.74) is 6.75. The number of nitrogens with one attached hydrogen (secondary N) is 1. The summed E-state index contributed by atoms with van der Waals surface area (Å²) in [6.45, 7) is 2.90. The first-order chi connectivity index (χ1) is 12.2. The molecule has 0 saturated carbocycles. The van der Waals surface area contributed by atoms with Gasteiger partial charge in [0.05, 0.1) is 5.69 Å². The maximum absolute atomic E-state index is 12.3. The van der Waals surface area contributed by atoms with E-state index < -0.39 is 0 Å². The zero-order valence-electron chi connectivity index (χ0n) is 14.3. The van der Waals surface area contributed by atoms with Crippen LogP contribution in [0.2, 0.25) is 0 Å². The Bertz CT molecular complexity index is 896. The molecule has 0 aliphatic carbocycles. The van der Waals surface area contributed by atoms with Crippen LogP contribution in [0.25, 0.3) is 5.69 Å². The number of hydrogen-bond donors (Lipinski definition) is 1. The molecular formula is C21H21N3O. The number of hydrogen-bond acceptors (Lipinski definition) is 2. The smallest absolute Gasteiger partial charge is 0.251 e. The van der Waals surface area contributed by atoms with Crippen LogP contribution in [0.4, 0.5) is 0 Å². The lowest BCUT2D eigenvalue weighted by Crippen LogP contribution is -2.22. The summed E-state index contributed by atoms with van der Waals surface area (Å²) < 4.78 is 1.85. The van der Waals surface area contributed by atoms with E-state index >= 15 is 0 Å². The van der Waals surface area contributed by atoms with Crippen molar-refractivity contribution < 1.29 is 4.79 Å². The maximum Gasteiger partial charge on any atom is 0.251 e. The lowest BCUT2D eigenvalue weighted by molar-refractivity contribution is 0.0956. The molecule has 0 spiro atoms. The summed E-state index contributed by atoms with van der Waals surface area (Å²) in [7, 11) is 0. The first-order valence-corrected chi connectivity index (χ1v) is 8.70. The van der Waals surface area contributed by atoms with E-state index in [1.807, 2.05) is 16.9 Å². The summed E-state index contributed by atoms with van der Waals surface area (Å²) in [5.74, 6) is 0.0581. The van der Waals surface area contributed by atoms with E-state index in [1.54, 1.807) is 6.20 Å². The molecule has 1 N–H and O–H groups in total. The van der Waals surface area contributed by atoms with Gasteiger partial charge in [-0.25, -0.2) is 4.68 Å². The Morgan fingerprint density at radius 1 is 1.20 bits per heavy atom. The van der Waals surface area contributed by atoms with Crippen molar-refractivity contribution in [3.8, 4) is 5.69 Å². The van der Waals surface area contributed by atoms with Crippen LogP contribution in [-0.4, -0.2) is 22.2 Å². The van der Waals surface area contributed by atoms with Crippen LogP contribution in [0.5, 0.6) is 0 Å². The highest BCUT2D eigenvalue weighted by Crippen LogP contribution is 2.23. The highest BCUT2D eigenvalue weighted by molar-refractivity contribution is 5.96. The molecule has 1 aromatic heterocycles. The van der Waals surface area contributed by atoms with Crippen LogP contribution in [0.1, 0.15) is 39.0 Å². The molecule has 0 fully saturated rings. The van der Waals surface area contributed by atoms with E-state index in [-0.39, 0.29) is 5.91 Å². The molecule has 4 nitrogen and oxygen atoms in total. The SMILES string of the molecule is Cc1cc2c(cc1Cc1ccc(-n3cccn3)cc1)C(=O)NCCC2. The fourth-order valence-electron chi connectivity index (χ4n) is 3.41. The van der Waals surface area contributed by atoms with Gasteiger partial charge in [0.25, 0.3) is 5.91 Å². The molecule has 1 amide bonds.